The molecular formula is C19H23N3OS. The van der Waals surface area contributed by atoms with E-state index in [9.17, 15) is 4.79 Å². The summed E-state index contributed by atoms with van der Waals surface area (Å²) in [6, 6.07) is 16.5. The Labute approximate surface area is 147 Å². The van der Waals surface area contributed by atoms with Crippen molar-refractivity contribution in [2.45, 2.75) is 24.8 Å². The molecule has 0 radical (unpaired) electrons. The number of carbonyl (C=O) groups is 1. The lowest BCUT2D eigenvalue weighted by Crippen LogP contribution is -2.45. The Hall–Kier alpha value is -1.85. The monoisotopic (exact) mass is 341 g/mol. The van der Waals surface area contributed by atoms with E-state index < -0.39 is 0 Å². The molecule has 0 saturated carbocycles. The molecule has 0 aliphatic carbocycles. The molecule has 1 aromatic carbocycles. The molecule has 1 aromatic heterocycles. The van der Waals surface area contributed by atoms with Crippen LogP contribution in [0.25, 0.3) is 0 Å². The number of hydrogen-bond acceptors (Lipinski definition) is 4. The summed E-state index contributed by atoms with van der Waals surface area (Å²) >= 11 is 1.98. The van der Waals surface area contributed by atoms with E-state index in [0.717, 1.165) is 18.0 Å². The Balaban J connectivity index is 1.62. The lowest BCUT2D eigenvalue weighted by atomic mass is 10.0. The number of hydrogen-bond donors (Lipinski definition) is 1. The quantitative estimate of drug-likeness (QED) is 0.908. The molecule has 1 aliphatic rings. The fourth-order valence-electron chi connectivity index (χ4n) is 3.12. The lowest BCUT2D eigenvalue weighted by Gasteiger charge is -2.39. The molecule has 3 rings (SSSR count). The van der Waals surface area contributed by atoms with Gasteiger partial charge in [0.05, 0.1) is 18.8 Å². The second-order valence-electron chi connectivity index (χ2n) is 6.00. The Morgan fingerprint density at radius 2 is 2.04 bits per heavy atom. The van der Waals surface area contributed by atoms with Gasteiger partial charge in [0.15, 0.2) is 0 Å². The van der Waals surface area contributed by atoms with Crippen molar-refractivity contribution >= 4 is 17.7 Å². The fourth-order valence-corrected chi connectivity index (χ4v) is 4.35. The lowest BCUT2D eigenvalue weighted by molar-refractivity contribution is -0.123. The van der Waals surface area contributed by atoms with Crippen molar-refractivity contribution in [3.05, 3.63) is 66.0 Å². The van der Waals surface area contributed by atoms with Crippen LogP contribution in [0.2, 0.25) is 0 Å². The van der Waals surface area contributed by atoms with Gasteiger partial charge in [-0.1, -0.05) is 43.3 Å². The second-order valence-corrected chi connectivity index (χ2v) is 7.48. The zero-order chi connectivity index (χ0) is 16.8. The maximum absolute atomic E-state index is 12.4. The van der Waals surface area contributed by atoms with Crippen molar-refractivity contribution in [2.24, 2.45) is 0 Å². The van der Waals surface area contributed by atoms with Gasteiger partial charge in [-0.3, -0.25) is 14.7 Å². The van der Waals surface area contributed by atoms with Crippen LogP contribution in [0.15, 0.2) is 54.7 Å². The summed E-state index contributed by atoms with van der Waals surface area (Å²) in [5.74, 6) is 1.12. The summed E-state index contributed by atoms with van der Waals surface area (Å²) in [5.41, 5.74) is 2.17. The maximum atomic E-state index is 12.4. The predicted octanol–water partition coefficient (Wildman–Crippen LogP) is 2.88. The van der Waals surface area contributed by atoms with Gasteiger partial charge in [0.25, 0.3) is 0 Å². The van der Waals surface area contributed by atoms with E-state index in [1.807, 2.05) is 36.0 Å². The molecule has 2 aromatic rings. The van der Waals surface area contributed by atoms with Crippen LogP contribution in [-0.2, 0) is 11.3 Å². The summed E-state index contributed by atoms with van der Waals surface area (Å²) in [6.45, 7) is 4.09. The van der Waals surface area contributed by atoms with Gasteiger partial charge in [-0.2, -0.15) is 11.8 Å². The van der Waals surface area contributed by atoms with Crippen LogP contribution in [0, 0.1) is 0 Å². The third kappa shape index (κ3) is 4.36. The van der Waals surface area contributed by atoms with E-state index in [1.165, 1.54) is 5.56 Å². The van der Waals surface area contributed by atoms with E-state index >= 15 is 0 Å². The van der Waals surface area contributed by atoms with Crippen molar-refractivity contribution in [1.82, 2.24) is 15.2 Å². The number of carbonyl (C=O) groups excluding carboxylic acids is 1. The van der Waals surface area contributed by atoms with Gasteiger partial charge in [0.1, 0.15) is 0 Å². The number of pyridine rings is 1. The van der Waals surface area contributed by atoms with Gasteiger partial charge in [-0.25, -0.2) is 0 Å². The van der Waals surface area contributed by atoms with Crippen molar-refractivity contribution in [3.8, 4) is 0 Å². The number of nitrogens with zero attached hydrogens (tertiary/aromatic N) is 2. The molecule has 1 saturated heterocycles. The summed E-state index contributed by atoms with van der Waals surface area (Å²) in [4.78, 5) is 18.9. The van der Waals surface area contributed by atoms with Crippen molar-refractivity contribution < 1.29 is 4.79 Å². The first-order valence-electron chi connectivity index (χ1n) is 8.31. The summed E-state index contributed by atoms with van der Waals surface area (Å²) in [7, 11) is 0. The van der Waals surface area contributed by atoms with Gasteiger partial charge >= 0.3 is 0 Å². The molecule has 2 heterocycles. The molecule has 1 fully saturated rings. The number of rotatable bonds is 5. The fraction of sp³-hybridized carbons (Fsp3) is 0.368. The van der Waals surface area contributed by atoms with Crippen molar-refractivity contribution in [2.75, 3.05) is 18.8 Å². The SMILES string of the molecule is C[C@@H]1SCCN(CC(=O)NCc2ccccn2)[C@@H]1c1ccccc1. The molecule has 5 heteroatoms. The first-order chi connectivity index (χ1) is 11.7. The Morgan fingerprint density at radius 3 is 2.79 bits per heavy atom. The minimum absolute atomic E-state index is 0.0562. The van der Waals surface area contributed by atoms with E-state index in [0.29, 0.717) is 18.3 Å². The summed E-state index contributed by atoms with van der Waals surface area (Å²) in [5, 5.41) is 3.46. The third-order valence-corrected chi connectivity index (χ3v) is 5.48. The number of thioether (sulfide) groups is 1. The minimum Gasteiger partial charge on any atom is -0.349 e. The standard InChI is InChI=1S/C19H23N3OS/c1-15-19(16-7-3-2-4-8-16)22(11-12-24-15)14-18(23)21-13-17-9-5-6-10-20-17/h2-10,15,19H,11-14H2,1H3,(H,21,23)/t15-,19-/m0/s1. The third-order valence-electron chi connectivity index (χ3n) is 4.28. The van der Waals surface area contributed by atoms with Crippen LogP contribution >= 0.6 is 11.8 Å². The predicted molar refractivity (Wildman–Crippen MR) is 98.8 cm³/mol. The highest BCUT2D eigenvalue weighted by atomic mass is 32.2. The van der Waals surface area contributed by atoms with E-state index in [2.05, 4.69) is 46.4 Å². The highest BCUT2D eigenvalue weighted by molar-refractivity contribution is 8.00. The number of benzene rings is 1. The largest absolute Gasteiger partial charge is 0.349 e. The van der Waals surface area contributed by atoms with E-state index in [-0.39, 0.29) is 11.9 Å². The minimum atomic E-state index is 0.0562. The van der Waals surface area contributed by atoms with Crippen LogP contribution in [0.1, 0.15) is 24.2 Å². The summed E-state index contributed by atoms with van der Waals surface area (Å²) in [6.07, 6.45) is 1.75. The van der Waals surface area contributed by atoms with Gasteiger partial charge < -0.3 is 5.32 Å². The maximum Gasteiger partial charge on any atom is 0.234 e. The van der Waals surface area contributed by atoms with Crippen molar-refractivity contribution in [1.29, 1.82) is 0 Å². The molecular weight excluding hydrogens is 318 g/mol. The topological polar surface area (TPSA) is 45.2 Å². The Kier molecular flexibility index (Phi) is 5.88. The zero-order valence-corrected chi connectivity index (χ0v) is 14.7. The van der Waals surface area contributed by atoms with E-state index in [1.54, 1.807) is 6.20 Å². The van der Waals surface area contributed by atoms with Gasteiger partial charge in [-0.05, 0) is 17.7 Å². The van der Waals surface area contributed by atoms with E-state index in [4.69, 9.17) is 0 Å². The number of amides is 1. The summed E-state index contributed by atoms with van der Waals surface area (Å²) < 4.78 is 0. The molecule has 1 N–H and O–H groups in total. The number of aromatic nitrogens is 1. The molecule has 1 aliphatic heterocycles. The molecule has 126 valence electrons. The molecule has 0 unspecified atom stereocenters. The Bertz CT molecular complexity index is 650. The number of nitrogens with one attached hydrogen (secondary N) is 1. The Morgan fingerprint density at radius 1 is 1.25 bits per heavy atom. The molecule has 0 bridgehead atoms. The van der Waals surface area contributed by atoms with Crippen LogP contribution in [0.4, 0.5) is 0 Å². The molecule has 1 amide bonds. The second kappa shape index (κ2) is 8.31. The molecule has 24 heavy (non-hydrogen) atoms. The van der Waals surface area contributed by atoms with Crippen LogP contribution < -0.4 is 5.32 Å². The molecule has 2 atom stereocenters. The first kappa shape index (κ1) is 17.0. The van der Waals surface area contributed by atoms with Gasteiger partial charge in [0.2, 0.25) is 5.91 Å². The highest BCUT2D eigenvalue weighted by Gasteiger charge is 2.31. The molecule has 4 nitrogen and oxygen atoms in total. The molecule has 0 spiro atoms. The van der Waals surface area contributed by atoms with Gasteiger partial charge in [-0.15, -0.1) is 0 Å². The van der Waals surface area contributed by atoms with Crippen molar-refractivity contribution in [3.63, 3.8) is 0 Å². The normalized spacial score (nSPS) is 21.4. The highest BCUT2D eigenvalue weighted by Crippen LogP contribution is 2.35. The average Bonchev–Trinajstić information content (AvgIpc) is 2.62. The van der Waals surface area contributed by atoms with Crippen LogP contribution in [-0.4, -0.2) is 39.9 Å². The average molecular weight is 341 g/mol. The van der Waals surface area contributed by atoms with Crippen LogP contribution in [0.3, 0.4) is 0 Å². The van der Waals surface area contributed by atoms with Gasteiger partial charge in [0, 0.05) is 29.8 Å². The zero-order valence-electron chi connectivity index (χ0n) is 13.9. The van der Waals surface area contributed by atoms with Crippen LogP contribution in [0.5, 0.6) is 0 Å². The smallest absolute Gasteiger partial charge is 0.234 e. The first-order valence-corrected chi connectivity index (χ1v) is 9.36.